The normalized spacial score (nSPS) is 11.0. The molecule has 1 heterocycles. The number of aromatic nitrogens is 1. The van der Waals surface area contributed by atoms with Crippen LogP contribution in [-0.2, 0) is 6.42 Å². The van der Waals surface area contributed by atoms with Gasteiger partial charge in [-0.1, -0.05) is 37.3 Å². The predicted molar refractivity (Wildman–Crippen MR) is 69.6 cm³/mol. The van der Waals surface area contributed by atoms with E-state index in [1.807, 2.05) is 0 Å². The molecule has 0 saturated heterocycles. The van der Waals surface area contributed by atoms with E-state index in [4.69, 9.17) is 0 Å². The van der Waals surface area contributed by atoms with Crippen LogP contribution in [0, 0.1) is 0 Å². The summed E-state index contributed by atoms with van der Waals surface area (Å²) in [5.74, 6) is 0. The summed E-state index contributed by atoms with van der Waals surface area (Å²) in [6.07, 6.45) is 5.62. The monoisotopic (exact) mass is 213 g/mol. The lowest BCUT2D eigenvalue weighted by atomic mass is 10.0. The lowest BCUT2D eigenvalue weighted by Crippen LogP contribution is -1.95. The van der Waals surface area contributed by atoms with E-state index in [1.165, 1.54) is 16.7 Å². The van der Waals surface area contributed by atoms with Gasteiger partial charge in [0.1, 0.15) is 0 Å². The fourth-order valence-corrected chi connectivity index (χ4v) is 1.98. The summed E-state index contributed by atoms with van der Waals surface area (Å²) in [4.78, 5) is 0. The molecule has 0 spiro atoms. The van der Waals surface area contributed by atoms with Crippen molar-refractivity contribution in [2.24, 2.45) is 0 Å². The zero-order chi connectivity index (χ0) is 11.5. The molecule has 0 aliphatic rings. The molecule has 0 atom stereocenters. The highest BCUT2D eigenvalue weighted by Gasteiger charge is 2.08. The number of aryl methyl sites for hydroxylation is 1. The Morgan fingerprint density at radius 1 is 1.06 bits per heavy atom. The lowest BCUT2D eigenvalue weighted by Gasteiger charge is -2.05. The zero-order valence-corrected chi connectivity index (χ0v) is 10.3. The van der Waals surface area contributed by atoms with Crippen molar-refractivity contribution in [3.8, 4) is 11.1 Å². The van der Waals surface area contributed by atoms with Crippen molar-refractivity contribution in [3.05, 3.63) is 48.3 Å². The van der Waals surface area contributed by atoms with Gasteiger partial charge in [0.05, 0.1) is 0 Å². The Morgan fingerprint density at radius 2 is 1.75 bits per heavy atom. The second kappa shape index (κ2) is 4.56. The quantitative estimate of drug-likeness (QED) is 0.716. The molecular weight excluding hydrogens is 194 g/mol. The van der Waals surface area contributed by atoms with Crippen molar-refractivity contribution in [1.29, 1.82) is 0 Å². The molecule has 0 amide bonds. The number of benzene rings is 1. The minimum absolute atomic E-state index is 0.530. The Balaban J connectivity index is 2.48. The molecule has 1 heteroatoms. The Labute approximate surface area is 97.7 Å². The van der Waals surface area contributed by atoms with Gasteiger partial charge in [-0.15, -0.1) is 0 Å². The van der Waals surface area contributed by atoms with Crippen molar-refractivity contribution in [2.75, 3.05) is 0 Å². The average Bonchev–Trinajstić information content (AvgIpc) is 2.74. The Hall–Kier alpha value is -1.50. The maximum absolute atomic E-state index is 2.29. The molecule has 1 aromatic carbocycles. The van der Waals surface area contributed by atoms with Crippen molar-refractivity contribution in [2.45, 2.75) is 33.2 Å². The molecule has 0 bridgehead atoms. The summed E-state index contributed by atoms with van der Waals surface area (Å²) < 4.78 is 2.29. The molecule has 1 aromatic heterocycles. The topological polar surface area (TPSA) is 4.93 Å². The van der Waals surface area contributed by atoms with Crippen molar-refractivity contribution in [3.63, 3.8) is 0 Å². The van der Waals surface area contributed by atoms with Gasteiger partial charge in [0.15, 0.2) is 0 Å². The van der Waals surface area contributed by atoms with Gasteiger partial charge in [-0.25, -0.2) is 0 Å². The van der Waals surface area contributed by atoms with Gasteiger partial charge in [-0.3, -0.25) is 0 Å². The zero-order valence-electron chi connectivity index (χ0n) is 10.3. The van der Waals surface area contributed by atoms with Gasteiger partial charge in [0, 0.05) is 24.0 Å². The first-order valence-corrected chi connectivity index (χ1v) is 5.98. The molecule has 0 aliphatic heterocycles. The first-order chi connectivity index (χ1) is 7.72. The van der Waals surface area contributed by atoms with Crippen LogP contribution in [0.1, 0.15) is 32.4 Å². The van der Waals surface area contributed by atoms with E-state index in [0.717, 1.165) is 6.42 Å². The van der Waals surface area contributed by atoms with Crippen molar-refractivity contribution in [1.82, 2.24) is 4.57 Å². The Kier molecular flexibility index (Phi) is 3.14. The largest absolute Gasteiger partial charge is 0.351 e. The first kappa shape index (κ1) is 11.0. The molecule has 16 heavy (non-hydrogen) atoms. The summed E-state index contributed by atoms with van der Waals surface area (Å²) in [7, 11) is 0. The lowest BCUT2D eigenvalue weighted by molar-refractivity contribution is 0.603. The molecule has 2 rings (SSSR count). The van der Waals surface area contributed by atoms with Gasteiger partial charge in [0.25, 0.3) is 0 Å². The molecule has 2 aromatic rings. The SMILES string of the molecule is CCc1cn(C(C)C)cc1-c1ccccc1. The molecular formula is C15H19N. The van der Waals surface area contributed by atoms with Gasteiger partial charge < -0.3 is 4.57 Å². The highest BCUT2D eigenvalue weighted by molar-refractivity contribution is 5.66. The number of rotatable bonds is 3. The minimum atomic E-state index is 0.530. The van der Waals surface area contributed by atoms with Crippen LogP contribution in [0.25, 0.3) is 11.1 Å². The van der Waals surface area contributed by atoms with E-state index < -0.39 is 0 Å². The van der Waals surface area contributed by atoms with Crippen LogP contribution in [0.3, 0.4) is 0 Å². The Bertz CT molecular complexity index is 452. The standard InChI is InChI=1S/C15H19N/c1-4-13-10-16(12(2)3)11-15(13)14-8-6-5-7-9-14/h5-12H,4H2,1-3H3. The van der Waals surface area contributed by atoms with Crippen LogP contribution in [0.4, 0.5) is 0 Å². The summed E-state index contributed by atoms with van der Waals surface area (Å²) in [5.41, 5.74) is 4.12. The molecule has 0 radical (unpaired) electrons. The average molecular weight is 213 g/mol. The smallest absolute Gasteiger partial charge is 0.0274 e. The highest BCUT2D eigenvalue weighted by Crippen LogP contribution is 2.26. The van der Waals surface area contributed by atoms with Gasteiger partial charge in [0.2, 0.25) is 0 Å². The van der Waals surface area contributed by atoms with E-state index in [2.05, 4.69) is 68.1 Å². The number of hydrogen-bond acceptors (Lipinski definition) is 0. The van der Waals surface area contributed by atoms with Gasteiger partial charge in [-0.2, -0.15) is 0 Å². The van der Waals surface area contributed by atoms with Crippen LogP contribution >= 0.6 is 0 Å². The van der Waals surface area contributed by atoms with Gasteiger partial charge in [-0.05, 0) is 31.4 Å². The second-order valence-electron chi connectivity index (χ2n) is 4.46. The van der Waals surface area contributed by atoms with E-state index in [-0.39, 0.29) is 0 Å². The highest BCUT2D eigenvalue weighted by atomic mass is 15.0. The molecule has 0 fully saturated rings. The molecule has 0 aliphatic carbocycles. The second-order valence-corrected chi connectivity index (χ2v) is 4.46. The fourth-order valence-electron chi connectivity index (χ4n) is 1.98. The molecule has 1 nitrogen and oxygen atoms in total. The number of hydrogen-bond donors (Lipinski definition) is 0. The third-order valence-corrected chi connectivity index (χ3v) is 2.99. The van der Waals surface area contributed by atoms with Crippen LogP contribution in [0.5, 0.6) is 0 Å². The number of nitrogens with zero attached hydrogens (tertiary/aromatic N) is 1. The van der Waals surface area contributed by atoms with E-state index in [1.54, 1.807) is 0 Å². The summed E-state index contributed by atoms with van der Waals surface area (Å²) in [5, 5.41) is 0. The maximum atomic E-state index is 2.29. The van der Waals surface area contributed by atoms with E-state index in [0.29, 0.717) is 6.04 Å². The van der Waals surface area contributed by atoms with Gasteiger partial charge >= 0.3 is 0 Å². The fraction of sp³-hybridized carbons (Fsp3) is 0.333. The molecule has 0 N–H and O–H groups in total. The van der Waals surface area contributed by atoms with Crippen LogP contribution in [0.15, 0.2) is 42.7 Å². The van der Waals surface area contributed by atoms with Crippen LogP contribution < -0.4 is 0 Å². The summed E-state index contributed by atoms with van der Waals surface area (Å²) in [6.45, 7) is 6.65. The third-order valence-electron chi connectivity index (χ3n) is 2.99. The van der Waals surface area contributed by atoms with Crippen LogP contribution in [0.2, 0.25) is 0 Å². The summed E-state index contributed by atoms with van der Waals surface area (Å²) in [6, 6.07) is 11.2. The predicted octanol–water partition coefficient (Wildman–Crippen LogP) is 4.30. The molecule has 0 saturated carbocycles. The molecule has 84 valence electrons. The van der Waals surface area contributed by atoms with E-state index >= 15 is 0 Å². The third kappa shape index (κ3) is 2.04. The van der Waals surface area contributed by atoms with E-state index in [9.17, 15) is 0 Å². The molecule has 0 unspecified atom stereocenters. The minimum Gasteiger partial charge on any atom is -0.351 e. The van der Waals surface area contributed by atoms with Crippen molar-refractivity contribution >= 4 is 0 Å². The van der Waals surface area contributed by atoms with Crippen LogP contribution in [-0.4, -0.2) is 4.57 Å². The van der Waals surface area contributed by atoms with Crippen molar-refractivity contribution < 1.29 is 0 Å². The maximum Gasteiger partial charge on any atom is 0.0274 e. The Morgan fingerprint density at radius 3 is 2.31 bits per heavy atom. The first-order valence-electron chi connectivity index (χ1n) is 5.98. The summed E-state index contributed by atoms with van der Waals surface area (Å²) >= 11 is 0.